The second-order valence-electron chi connectivity index (χ2n) is 5.99. The van der Waals surface area contributed by atoms with Gasteiger partial charge in [-0.25, -0.2) is 0 Å². The zero-order chi connectivity index (χ0) is 16.3. The quantitative estimate of drug-likeness (QED) is 0.878. The van der Waals surface area contributed by atoms with Crippen LogP contribution in [0.1, 0.15) is 36.8 Å². The normalized spacial score (nSPS) is 24.6. The zero-order valence-electron chi connectivity index (χ0n) is 12.7. The summed E-state index contributed by atoms with van der Waals surface area (Å²) in [5.41, 5.74) is 5.55. The van der Waals surface area contributed by atoms with E-state index in [2.05, 4.69) is 4.90 Å². The van der Waals surface area contributed by atoms with E-state index in [1.165, 1.54) is 12.1 Å². The van der Waals surface area contributed by atoms with Gasteiger partial charge in [0.1, 0.15) is 0 Å². The second-order valence-corrected chi connectivity index (χ2v) is 5.99. The van der Waals surface area contributed by atoms with Gasteiger partial charge in [-0.15, -0.1) is 0 Å². The number of likely N-dealkylation sites (tertiary alicyclic amines) is 1. The summed E-state index contributed by atoms with van der Waals surface area (Å²) >= 11 is 0. The van der Waals surface area contributed by atoms with Gasteiger partial charge < -0.3 is 10.8 Å². The average molecular weight is 316 g/mol. The summed E-state index contributed by atoms with van der Waals surface area (Å²) in [6.07, 6.45) is -3.45. The van der Waals surface area contributed by atoms with Gasteiger partial charge >= 0.3 is 6.18 Å². The van der Waals surface area contributed by atoms with Gasteiger partial charge in [-0.1, -0.05) is 18.2 Å². The summed E-state index contributed by atoms with van der Waals surface area (Å²) in [7, 11) is 0. The molecule has 0 bridgehead atoms. The number of aliphatic hydroxyl groups excluding tert-OH is 1. The lowest BCUT2D eigenvalue weighted by atomic mass is 9.91. The van der Waals surface area contributed by atoms with E-state index in [1.54, 1.807) is 6.07 Å². The maximum Gasteiger partial charge on any atom is 0.416 e. The van der Waals surface area contributed by atoms with Gasteiger partial charge in [-0.3, -0.25) is 4.90 Å². The van der Waals surface area contributed by atoms with Gasteiger partial charge in [0.2, 0.25) is 0 Å². The molecule has 0 radical (unpaired) electrons. The molecule has 1 saturated heterocycles. The Kier molecular flexibility index (Phi) is 5.47. The SMILES string of the molecule is CC1C(c2cccc(C(F)(F)F)c2)CCN1C[C@H](O)CCN. The highest BCUT2D eigenvalue weighted by Gasteiger charge is 2.35. The number of benzene rings is 1. The van der Waals surface area contributed by atoms with Crippen molar-refractivity contribution < 1.29 is 18.3 Å². The first kappa shape index (κ1) is 17.2. The van der Waals surface area contributed by atoms with Crippen molar-refractivity contribution in [1.29, 1.82) is 0 Å². The van der Waals surface area contributed by atoms with Gasteiger partial charge in [-0.05, 0) is 44.5 Å². The Balaban J connectivity index is 2.08. The molecular weight excluding hydrogens is 293 g/mol. The number of halogens is 3. The number of β-amino-alcohol motifs (C(OH)–C–C–N with tert-alkyl or cyclic N) is 1. The minimum atomic E-state index is -4.31. The summed E-state index contributed by atoms with van der Waals surface area (Å²) in [4.78, 5) is 2.13. The third-order valence-electron chi connectivity index (χ3n) is 4.47. The highest BCUT2D eigenvalue weighted by Crippen LogP contribution is 2.36. The van der Waals surface area contributed by atoms with E-state index in [-0.39, 0.29) is 12.0 Å². The van der Waals surface area contributed by atoms with Crippen LogP contribution in [0, 0.1) is 0 Å². The molecule has 0 saturated carbocycles. The van der Waals surface area contributed by atoms with E-state index in [9.17, 15) is 18.3 Å². The van der Waals surface area contributed by atoms with Crippen molar-refractivity contribution in [2.45, 2.75) is 44.0 Å². The van der Waals surface area contributed by atoms with Crippen molar-refractivity contribution in [3.8, 4) is 0 Å². The number of aliphatic hydroxyl groups is 1. The Labute approximate surface area is 128 Å². The van der Waals surface area contributed by atoms with Crippen LogP contribution >= 0.6 is 0 Å². The molecule has 3 atom stereocenters. The lowest BCUT2D eigenvalue weighted by Gasteiger charge is -2.27. The number of hydrogen-bond acceptors (Lipinski definition) is 3. The second kappa shape index (κ2) is 6.98. The highest BCUT2D eigenvalue weighted by atomic mass is 19.4. The van der Waals surface area contributed by atoms with Crippen LogP contribution in [0.3, 0.4) is 0 Å². The van der Waals surface area contributed by atoms with Gasteiger partial charge in [0, 0.05) is 18.5 Å². The molecule has 0 spiro atoms. The van der Waals surface area contributed by atoms with Gasteiger partial charge in [-0.2, -0.15) is 13.2 Å². The number of nitrogens with zero attached hydrogens (tertiary/aromatic N) is 1. The predicted molar refractivity (Wildman–Crippen MR) is 79.5 cm³/mol. The van der Waals surface area contributed by atoms with Crippen molar-refractivity contribution >= 4 is 0 Å². The molecule has 1 aliphatic heterocycles. The molecule has 3 nitrogen and oxygen atoms in total. The van der Waals surface area contributed by atoms with Crippen molar-refractivity contribution in [2.75, 3.05) is 19.6 Å². The van der Waals surface area contributed by atoms with E-state index >= 15 is 0 Å². The molecule has 1 aliphatic rings. The molecule has 0 amide bonds. The summed E-state index contributed by atoms with van der Waals surface area (Å²) < 4.78 is 38.5. The molecule has 6 heteroatoms. The molecule has 3 N–H and O–H groups in total. The van der Waals surface area contributed by atoms with Crippen LogP contribution in [-0.4, -0.2) is 41.8 Å². The summed E-state index contributed by atoms with van der Waals surface area (Å²) in [6.45, 7) is 3.74. The first-order chi connectivity index (χ1) is 10.3. The van der Waals surface area contributed by atoms with Crippen molar-refractivity contribution in [3.05, 3.63) is 35.4 Å². The van der Waals surface area contributed by atoms with Crippen LogP contribution in [0.5, 0.6) is 0 Å². The van der Waals surface area contributed by atoms with Crippen LogP contribution in [0.4, 0.5) is 13.2 Å². The molecule has 2 rings (SSSR count). The maximum absolute atomic E-state index is 12.8. The van der Waals surface area contributed by atoms with Crippen molar-refractivity contribution in [2.24, 2.45) is 5.73 Å². The highest BCUT2D eigenvalue weighted by molar-refractivity contribution is 5.30. The predicted octanol–water partition coefficient (Wildman–Crippen LogP) is 2.59. The number of hydrogen-bond donors (Lipinski definition) is 2. The summed E-state index contributed by atoms with van der Waals surface area (Å²) in [6, 6.07) is 5.69. The Hall–Kier alpha value is -1.11. The average Bonchev–Trinajstić information content (AvgIpc) is 2.80. The fourth-order valence-corrected chi connectivity index (χ4v) is 3.21. The molecule has 124 valence electrons. The minimum Gasteiger partial charge on any atom is -0.392 e. The van der Waals surface area contributed by atoms with Crippen molar-refractivity contribution in [3.63, 3.8) is 0 Å². The molecule has 0 aliphatic carbocycles. The molecule has 2 unspecified atom stereocenters. The summed E-state index contributed by atoms with van der Waals surface area (Å²) in [5.74, 6) is 0.0624. The van der Waals surface area contributed by atoms with Crippen LogP contribution in [-0.2, 0) is 6.18 Å². The Bertz CT molecular complexity index is 493. The molecule has 1 aromatic carbocycles. The summed E-state index contributed by atoms with van der Waals surface area (Å²) in [5, 5.41) is 9.86. The van der Waals surface area contributed by atoms with Gasteiger partial charge in [0.05, 0.1) is 11.7 Å². The first-order valence-electron chi connectivity index (χ1n) is 7.62. The topological polar surface area (TPSA) is 49.5 Å². The van der Waals surface area contributed by atoms with Crippen molar-refractivity contribution in [1.82, 2.24) is 4.90 Å². The Morgan fingerprint density at radius 1 is 1.41 bits per heavy atom. The van der Waals surface area contributed by atoms with E-state index in [4.69, 9.17) is 5.73 Å². The molecule has 1 aromatic rings. The smallest absolute Gasteiger partial charge is 0.392 e. The van der Waals surface area contributed by atoms with Crippen LogP contribution in [0.25, 0.3) is 0 Å². The van der Waals surface area contributed by atoms with E-state index in [0.29, 0.717) is 19.5 Å². The molecular formula is C16H23F3N2O. The third-order valence-corrected chi connectivity index (χ3v) is 4.47. The monoisotopic (exact) mass is 316 g/mol. The number of alkyl halides is 3. The molecule has 22 heavy (non-hydrogen) atoms. The maximum atomic E-state index is 12.8. The van der Waals surface area contributed by atoms with Gasteiger partial charge in [0.15, 0.2) is 0 Å². The van der Waals surface area contributed by atoms with E-state index < -0.39 is 17.8 Å². The Morgan fingerprint density at radius 3 is 2.77 bits per heavy atom. The Morgan fingerprint density at radius 2 is 2.14 bits per heavy atom. The molecule has 0 aromatic heterocycles. The van der Waals surface area contributed by atoms with Crippen LogP contribution < -0.4 is 5.73 Å². The molecule has 1 fully saturated rings. The lowest BCUT2D eigenvalue weighted by molar-refractivity contribution is -0.137. The van der Waals surface area contributed by atoms with Crippen LogP contribution in [0.15, 0.2) is 24.3 Å². The minimum absolute atomic E-state index is 0.0624. The zero-order valence-corrected chi connectivity index (χ0v) is 12.7. The third kappa shape index (κ3) is 4.00. The van der Waals surface area contributed by atoms with E-state index in [0.717, 1.165) is 24.6 Å². The standard InChI is InChI=1S/C16H23F3N2O/c1-11-15(6-8-21(11)10-14(22)5-7-20)12-3-2-4-13(9-12)16(17,18)19/h2-4,9,11,14-15,22H,5-8,10,20H2,1H3/t11?,14-,15?/m1/s1. The first-order valence-corrected chi connectivity index (χ1v) is 7.62. The van der Waals surface area contributed by atoms with E-state index in [1.807, 2.05) is 6.92 Å². The lowest BCUT2D eigenvalue weighted by Crippen LogP contribution is -2.37. The fraction of sp³-hybridized carbons (Fsp3) is 0.625. The van der Waals surface area contributed by atoms with Gasteiger partial charge in [0.25, 0.3) is 0 Å². The number of nitrogens with two attached hydrogens (primary N) is 1. The molecule has 1 heterocycles. The number of rotatable bonds is 5. The fourth-order valence-electron chi connectivity index (χ4n) is 3.21. The largest absolute Gasteiger partial charge is 0.416 e. The van der Waals surface area contributed by atoms with Crippen LogP contribution in [0.2, 0.25) is 0 Å².